The van der Waals surface area contributed by atoms with E-state index in [-0.39, 0.29) is 5.13 Å². The molecular weight excluding hydrogens is 163 g/mol. The summed E-state index contributed by atoms with van der Waals surface area (Å²) >= 11 is 1.27. The molecule has 1 nitrogen and oxygen atoms in total. The minimum Gasteiger partial charge on any atom is -0.376 e. The summed E-state index contributed by atoms with van der Waals surface area (Å²) in [6.45, 7) is 3.16. The summed E-state index contributed by atoms with van der Waals surface area (Å²) in [4.78, 5) is 1.17. The number of fused-ring (bicyclic) bond motifs is 1. The maximum absolute atomic E-state index is 13.0. The number of halogens is 1. The van der Waals surface area contributed by atoms with Crippen LogP contribution in [0.5, 0.6) is 0 Å². The number of hydrogen-bond acceptors (Lipinski definition) is 2. The van der Waals surface area contributed by atoms with E-state index in [4.69, 9.17) is 4.74 Å². The first-order valence-corrected chi connectivity index (χ1v) is 4.45. The summed E-state index contributed by atoms with van der Waals surface area (Å²) in [5.74, 6) is 0. The van der Waals surface area contributed by atoms with Gasteiger partial charge in [0.2, 0.25) is 0 Å². The Hall–Kier alpha value is -0.410. The molecule has 0 unspecified atom stereocenters. The molecule has 2 rings (SSSR count). The van der Waals surface area contributed by atoms with Gasteiger partial charge in [-0.15, -0.1) is 11.3 Å². The summed E-state index contributed by atoms with van der Waals surface area (Å²) in [6.07, 6.45) is 0.880. The highest BCUT2D eigenvalue weighted by atomic mass is 32.1. The van der Waals surface area contributed by atoms with Crippen LogP contribution in [0.1, 0.15) is 16.0 Å². The average Bonchev–Trinajstić information content (AvgIpc) is 2.30. The quantitative estimate of drug-likeness (QED) is 0.583. The Bertz CT molecular complexity index is 280. The van der Waals surface area contributed by atoms with Crippen LogP contribution in [0.3, 0.4) is 0 Å². The van der Waals surface area contributed by atoms with Crippen LogP contribution >= 0.6 is 11.3 Å². The zero-order valence-corrected chi connectivity index (χ0v) is 7.13. The van der Waals surface area contributed by atoms with E-state index in [9.17, 15) is 4.39 Å². The van der Waals surface area contributed by atoms with E-state index >= 15 is 0 Å². The lowest BCUT2D eigenvalue weighted by Gasteiger charge is -2.11. The van der Waals surface area contributed by atoms with Gasteiger partial charge in [0.25, 0.3) is 0 Å². The topological polar surface area (TPSA) is 9.23 Å². The third-order valence-corrected chi connectivity index (χ3v) is 3.20. The summed E-state index contributed by atoms with van der Waals surface area (Å²) in [5.41, 5.74) is 1.86. The SMILES string of the molecule is Cc1c(F)sc2c1COCC2. The van der Waals surface area contributed by atoms with Crippen LogP contribution in [0.4, 0.5) is 4.39 Å². The molecule has 1 aromatic heterocycles. The summed E-state index contributed by atoms with van der Waals surface area (Å²) in [6, 6.07) is 0. The van der Waals surface area contributed by atoms with Crippen molar-refractivity contribution in [2.75, 3.05) is 6.61 Å². The molecule has 0 saturated heterocycles. The van der Waals surface area contributed by atoms with Gasteiger partial charge in [-0.1, -0.05) is 0 Å². The molecule has 1 aliphatic rings. The van der Waals surface area contributed by atoms with E-state index in [0.29, 0.717) is 6.61 Å². The van der Waals surface area contributed by atoms with Crippen molar-refractivity contribution in [2.24, 2.45) is 0 Å². The molecule has 0 saturated carbocycles. The molecule has 0 aromatic carbocycles. The fourth-order valence-corrected chi connectivity index (χ4v) is 2.32. The molecule has 0 N–H and O–H groups in total. The van der Waals surface area contributed by atoms with E-state index in [1.807, 2.05) is 6.92 Å². The Morgan fingerprint density at radius 2 is 2.36 bits per heavy atom. The number of thiophene rings is 1. The maximum atomic E-state index is 13.0. The van der Waals surface area contributed by atoms with Crippen molar-refractivity contribution in [3.8, 4) is 0 Å². The van der Waals surface area contributed by atoms with Crippen molar-refractivity contribution in [1.82, 2.24) is 0 Å². The number of ether oxygens (including phenoxy) is 1. The van der Waals surface area contributed by atoms with Crippen LogP contribution in [-0.4, -0.2) is 6.61 Å². The molecule has 1 aliphatic heterocycles. The van der Waals surface area contributed by atoms with E-state index in [2.05, 4.69) is 0 Å². The van der Waals surface area contributed by atoms with Gasteiger partial charge in [0.05, 0.1) is 13.2 Å². The predicted molar refractivity (Wildman–Crippen MR) is 42.4 cm³/mol. The van der Waals surface area contributed by atoms with Crippen molar-refractivity contribution in [3.63, 3.8) is 0 Å². The van der Waals surface area contributed by atoms with Gasteiger partial charge < -0.3 is 4.74 Å². The molecule has 60 valence electrons. The second kappa shape index (κ2) is 2.57. The van der Waals surface area contributed by atoms with E-state index < -0.39 is 0 Å². The van der Waals surface area contributed by atoms with E-state index in [1.54, 1.807) is 0 Å². The van der Waals surface area contributed by atoms with Crippen molar-refractivity contribution < 1.29 is 9.13 Å². The van der Waals surface area contributed by atoms with Crippen molar-refractivity contribution in [3.05, 3.63) is 21.1 Å². The lowest BCUT2D eigenvalue weighted by Crippen LogP contribution is -2.07. The van der Waals surface area contributed by atoms with Gasteiger partial charge in [-0.25, -0.2) is 0 Å². The zero-order chi connectivity index (χ0) is 7.84. The van der Waals surface area contributed by atoms with Gasteiger partial charge in [-0.2, -0.15) is 4.39 Å². The molecule has 2 heterocycles. The van der Waals surface area contributed by atoms with Crippen LogP contribution in [0.15, 0.2) is 0 Å². The van der Waals surface area contributed by atoms with Gasteiger partial charge >= 0.3 is 0 Å². The normalized spacial score (nSPS) is 16.5. The molecule has 11 heavy (non-hydrogen) atoms. The van der Waals surface area contributed by atoms with Crippen LogP contribution in [-0.2, 0) is 17.8 Å². The van der Waals surface area contributed by atoms with Crippen LogP contribution in [0.2, 0.25) is 0 Å². The summed E-state index contributed by atoms with van der Waals surface area (Å²) < 4.78 is 18.2. The molecule has 0 bridgehead atoms. The van der Waals surface area contributed by atoms with Crippen molar-refractivity contribution >= 4 is 11.3 Å². The smallest absolute Gasteiger partial charge is 0.179 e. The standard InChI is InChI=1S/C8H9FOS/c1-5-6-4-10-3-2-7(6)11-8(5)9/h2-4H2,1H3. The van der Waals surface area contributed by atoms with Gasteiger partial charge in [-0.05, 0) is 12.5 Å². The molecule has 0 radical (unpaired) electrons. The van der Waals surface area contributed by atoms with Crippen LogP contribution < -0.4 is 0 Å². The molecule has 0 aliphatic carbocycles. The van der Waals surface area contributed by atoms with Crippen molar-refractivity contribution in [1.29, 1.82) is 0 Å². The summed E-state index contributed by atoms with van der Waals surface area (Å²) in [7, 11) is 0. The lowest BCUT2D eigenvalue weighted by atomic mass is 10.1. The Morgan fingerprint density at radius 3 is 3.09 bits per heavy atom. The Kier molecular flexibility index (Phi) is 1.69. The second-order valence-electron chi connectivity index (χ2n) is 2.71. The van der Waals surface area contributed by atoms with Gasteiger partial charge in [-0.3, -0.25) is 0 Å². The molecule has 3 heteroatoms. The largest absolute Gasteiger partial charge is 0.376 e. The Morgan fingerprint density at radius 1 is 1.55 bits per heavy atom. The average molecular weight is 172 g/mol. The fourth-order valence-electron chi connectivity index (χ4n) is 1.30. The molecule has 0 spiro atoms. The highest BCUT2D eigenvalue weighted by molar-refractivity contribution is 7.10. The number of rotatable bonds is 0. The highest BCUT2D eigenvalue weighted by Gasteiger charge is 2.17. The van der Waals surface area contributed by atoms with Crippen molar-refractivity contribution in [2.45, 2.75) is 20.0 Å². The zero-order valence-electron chi connectivity index (χ0n) is 6.32. The van der Waals surface area contributed by atoms with Gasteiger partial charge in [0.15, 0.2) is 5.13 Å². The Labute approximate surface area is 68.8 Å². The molecule has 0 atom stereocenters. The highest BCUT2D eigenvalue weighted by Crippen LogP contribution is 2.29. The summed E-state index contributed by atoms with van der Waals surface area (Å²) in [5, 5.41) is -0.0412. The van der Waals surface area contributed by atoms with Crippen LogP contribution in [0.25, 0.3) is 0 Å². The van der Waals surface area contributed by atoms with E-state index in [1.165, 1.54) is 16.2 Å². The molecule has 0 amide bonds. The molecular formula is C8H9FOS. The maximum Gasteiger partial charge on any atom is 0.179 e. The third-order valence-electron chi connectivity index (χ3n) is 2.02. The fraction of sp³-hybridized carbons (Fsp3) is 0.500. The first-order valence-electron chi connectivity index (χ1n) is 3.63. The minimum absolute atomic E-state index is 0.0412. The monoisotopic (exact) mass is 172 g/mol. The second-order valence-corrected chi connectivity index (χ2v) is 3.76. The van der Waals surface area contributed by atoms with Gasteiger partial charge in [0, 0.05) is 16.9 Å². The first kappa shape index (κ1) is 7.25. The van der Waals surface area contributed by atoms with Gasteiger partial charge in [0.1, 0.15) is 0 Å². The third kappa shape index (κ3) is 1.08. The molecule has 0 fully saturated rings. The van der Waals surface area contributed by atoms with Crippen LogP contribution in [0, 0.1) is 12.1 Å². The molecule has 1 aromatic rings. The Balaban J connectivity index is 2.50. The van der Waals surface area contributed by atoms with E-state index in [0.717, 1.165) is 24.2 Å². The lowest BCUT2D eigenvalue weighted by molar-refractivity contribution is 0.111. The minimum atomic E-state index is -0.0412. The first-order chi connectivity index (χ1) is 5.29. The predicted octanol–water partition coefficient (Wildman–Crippen LogP) is 2.27. The number of hydrogen-bond donors (Lipinski definition) is 0.